The molecule has 1 N–H and O–H groups in total. The van der Waals surface area contributed by atoms with Gasteiger partial charge in [-0.1, -0.05) is 0 Å². The van der Waals surface area contributed by atoms with E-state index >= 15 is 0 Å². The van der Waals surface area contributed by atoms with Crippen LogP contribution in [0, 0.1) is 22.9 Å². The highest BCUT2D eigenvalue weighted by molar-refractivity contribution is 9.10. The van der Waals surface area contributed by atoms with Crippen LogP contribution in [0.1, 0.15) is 11.4 Å². The molecule has 0 radical (unpaired) electrons. The molecule has 2 rings (SSSR count). The molecule has 104 valence electrons. The molecule has 8 heteroatoms. The maximum atomic E-state index is 13.3. The normalized spacial score (nSPS) is 10.3. The molecule has 0 saturated heterocycles. The fraction of sp³-hybridized carbons (Fsp3) is 0.167. The molecule has 0 aliphatic heterocycles. The Bertz CT molecular complexity index is 649. The molecule has 0 saturated carbocycles. The minimum atomic E-state index is -0.683. The Morgan fingerprint density at radius 2 is 2.15 bits per heavy atom. The standard InChI is InChI=1S/C12H10BrFN4O2/c1-7-4-16-8(5-15-7)6-17-11-2-9(13)10(14)3-12(11)18(19)20/h2-5,17H,6H2,1H3. The number of nitrogens with zero attached hydrogens (tertiary/aromatic N) is 3. The lowest BCUT2D eigenvalue weighted by atomic mass is 10.2. The van der Waals surface area contributed by atoms with Gasteiger partial charge in [-0.25, -0.2) is 4.39 Å². The van der Waals surface area contributed by atoms with Gasteiger partial charge in [-0.3, -0.25) is 20.1 Å². The van der Waals surface area contributed by atoms with Crippen LogP contribution in [0.3, 0.4) is 0 Å². The van der Waals surface area contributed by atoms with Gasteiger partial charge in [-0.2, -0.15) is 0 Å². The van der Waals surface area contributed by atoms with Crippen LogP contribution in [0.2, 0.25) is 0 Å². The summed E-state index contributed by atoms with van der Waals surface area (Å²) in [5.74, 6) is -0.683. The summed E-state index contributed by atoms with van der Waals surface area (Å²) < 4.78 is 13.5. The molecular weight excluding hydrogens is 331 g/mol. The molecule has 0 aliphatic carbocycles. The lowest BCUT2D eigenvalue weighted by Crippen LogP contribution is -2.05. The molecule has 0 unspecified atom stereocenters. The van der Waals surface area contributed by atoms with Crippen molar-refractivity contribution >= 4 is 27.3 Å². The number of rotatable bonds is 4. The number of benzene rings is 1. The summed E-state index contributed by atoms with van der Waals surface area (Å²) in [6.45, 7) is 2.07. The Hall–Kier alpha value is -2.09. The lowest BCUT2D eigenvalue weighted by molar-refractivity contribution is -0.384. The number of hydrogen-bond acceptors (Lipinski definition) is 5. The Kier molecular flexibility index (Phi) is 4.23. The third kappa shape index (κ3) is 3.27. The third-order valence-electron chi connectivity index (χ3n) is 2.53. The molecule has 0 spiro atoms. The number of aromatic nitrogens is 2. The van der Waals surface area contributed by atoms with Gasteiger partial charge in [0.15, 0.2) is 0 Å². The summed E-state index contributed by atoms with van der Waals surface area (Å²) in [7, 11) is 0. The molecule has 20 heavy (non-hydrogen) atoms. The third-order valence-corrected chi connectivity index (χ3v) is 3.14. The van der Waals surface area contributed by atoms with Crippen molar-refractivity contribution in [3.8, 4) is 0 Å². The second-order valence-corrected chi connectivity index (χ2v) is 4.90. The Morgan fingerprint density at radius 3 is 2.75 bits per heavy atom. The van der Waals surface area contributed by atoms with Crippen molar-refractivity contribution in [1.29, 1.82) is 0 Å². The van der Waals surface area contributed by atoms with Crippen LogP contribution in [-0.4, -0.2) is 14.9 Å². The summed E-state index contributed by atoms with van der Waals surface area (Å²) in [6.07, 6.45) is 3.18. The smallest absolute Gasteiger partial charge is 0.295 e. The molecule has 6 nitrogen and oxygen atoms in total. The minimum Gasteiger partial charge on any atom is -0.374 e. The molecule has 0 aliphatic rings. The Morgan fingerprint density at radius 1 is 1.40 bits per heavy atom. The second-order valence-electron chi connectivity index (χ2n) is 4.04. The van der Waals surface area contributed by atoms with Crippen LogP contribution in [-0.2, 0) is 6.54 Å². The average molecular weight is 341 g/mol. The first-order valence-corrected chi connectivity index (χ1v) is 6.41. The van der Waals surface area contributed by atoms with E-state index in [9.17, 15) is 14.5 Å². The summed E-state index contributed by atoms with van der Waals surface area (Å²) >= 11 is 3.00. The monoisotopic (exact) mass is 340 g/mol. The molecule has 0 amide bonds. The molecule has 2 aromatic rings. The molecular formula is C12H10BrFN4O2. The SMILES string of the molecule is Cc1cnc(CNc2cc(Br)c(F)cc2[N+](=O)[O-])cn1. The van der Waals surface area contributed by atoms with Crippen LogP contribution < -0.4 is 5.32 Å². The van der Waals surface area contributed by atoms with Crippen LogP contribution in [0.4, 0.5) is 15.8 Å². The number of halogens is 2. The van der Waals surface area contributed by atoms with Crippen molar-refractivity contribution in [2.75, 3.05) is 5.32 Å². The van der Waals surface area contributed by atoms with Gasteiger partial charge in [0, 0.05) is 6.20 Å². The first kappa shape index (κ1) is 14.3. The highest BCUT2D eigenvalue weighted by Gasteiger charge is 2.17. The highest BCUT2D eigenvalue weighted by Crippen LogP contribution is 2.30. The Balaban J connectivity index is 2.22. The molecule has 0 atom stereocenters. The zero-order chi connectivity index (χ0) is 14.7. The number of nitrogens with one attached hydrogen (secondary N) is 1. The largest absolute Gasteiger partial charge is 0.374 e. The molecule has 0 fully saturated rings. The van der Waals surface area contributed by atoms with Crippen LogP contribution in [0.5, 0.6) is 0 Å². The van der Waals surface area contributed by atoms with E-state index in [4.69, 9.17) is 0 Å². The molecule has 1 aromatic heterocycles. The second kappa shape index (κ2) is 5.91. The summed E-state index contributed by atoms with van der Waals surface area (Å²) in [4.78, 5) is 18.5. The number of hydrogen-bond donors (Lipinski definition) is 1. The van der Waals surface area contributed by atoms with Gasteiger partial charge in [0.1, 0.15) is 11.5 Å². The van der Waals surface area contributed by atoms with Gasteiger partial charge in [0.2, 0.25) is 0 Å². The van der Waals surface area contributed by atoms with Crippen molar-refractivity contribution < 1.29 is 9.31 Å². The first-order chi connectivity index (χ1) is 9.47. The number of anilines is 1. The van der Waals surface area contributed by atoms with Gasteiger partial charge in [0.05, 0.1) is 39.6 Å². The predicted molar refractivity (Wildman–Crippen MR) is 74.9 cm³/mol. The zero-order valence-corrected chi connectivity index (χ0v) is 12.0. The van der Waals surface area contributed by atoms with Gasteiger partial charge >= 0.3 is 0 Å². The highest BCUT2D eigenvalue weighted by atomic mass is 79.9. The fourth-order valence-electron chi connectivity index (χ4n) is 1.53. The van der Waals surface area contributed by atoms with Crippen molar-refractivity contribution in [3.05, 3.63) is 56.3 Å². The first-order valence-electron chi connectivity index (χ1n) is 5.62. The Labute approximate surface area is 122 Å². The van der Waals surface area contributed by atoms with E-state index in [0.29, 0.717) is 5.69 Å². The van der Waals surface area contributed by atoms with Gasteiger partial charge in [0.25, 0.3) is 5.69 Å². The van der Waals surface area contributed by atoms with Gasteiger partial charge < -0.3 is 5.32 Å². The van der Waals surface area contributed by atoms with E-state index in [-0.39, 0.29) is 22.4 Å². The van der Waals surface area contributed by atoms with Gasteiger partial charge in [-0.05, 0) is 28.9 Å². The van der Waals surface area contributed by atoms with Crippen molar-refractivity contribution in [1.82, 2.24) is 9.97 Å². The van der Waals surface area contributed by atoms with E-state index in [1.807, 2.05) is 6.92 Å². The minimum absolute atomic E-state index is 0.153. The van der Waals surface area contributed by atoms with E-state index in [2.05, 4.69) is 31.2 Å². The summed E-state index contributed by atoms with van der Waals surface area (Å²) in [6, 6.07) is 2.20. The zero-order valence-electron chi connectivity index (χ0n) is 10.4. The maximum Gasteiger partial charge on any atom is 0.295 e. The van der Waals surface area contributed by atoms with Crippen LogP contribution in [0.15, 0.2) is 29.0 Å². The lowest BCUT2D eigenvalue weighted by Gasteiger charge is -2.07. The number of aryl methyl sites for hydroxylation is 1. The van der Waals surface area contributed by atoms with Crippen molar-refractivity contribution in [2.45, 2.75) is 13.5 Å². The number of nitro groups is 1. The number of nitro benzene ring substituents is 1. The van der Waals surface area contributed by atoms with Crippen molar-refractivity contribution in [2.24, 2.45) is 0 Å². The topological polar surface area (TPSA) is 81.0 Å². The van der Waals surface area contributed by atoms with Crippen LogP contribution in [0.25, 0.3) is 0 Å². The van der Waals surface area contributed by atoms with E-state index < -0.39 is 10.7 Å². The molecule has 1 aromatic carbocycles. The quantitative estimate of drug-likeness (QED) is 0.682. The van der Waals surface area contributed by atoms with Crippen LogP contribution >= 0.6 is 15.9 Å². The van der Waals surface area contributed by atoms with Crippen molar-refractivity contribution in [3.63, 3.8) is 0 Å². The van der Waals surface area contributed by atoms with Gasteiger partial charge in [-0.15, -0.1) is 0 Å². The van der Waals surface area contributed by atoms with E-state index in [1.165, 1.54) is 6.07 Å². The van der Waals surface area contributed by atoms with E-state index in [0.717, 1.165) is 11.8 Å². The summed E-state index contributed by atoms with van der Waals surface area (Å²) in [5.41, 5.74) is 1.30. The predicted octanol–water partition coefficient (Wildman–Crippen LogP) is 3.21. The molecule has 0 bridgehead atoms. The fourth-order valence-corrected chi connectivity index (χ4v) is 1.87. The summed E-state index contributed by atoms with van der Waals surface area (Å²) in [5, 5.41) is 13.8. The maximum absolute atomic E-state index is 13.3. The molecule has 1 heterocycles. The van der Waals surface area contributed by atoms with E-state index in [1.54, 1.807) is 12.4 Å². The average Bonchev–Trinajstić information content (AvgIpc) is 2.41.